The quantitative estimate of drug-likeness (QED) is 0.154. The van der Waals surface area contributed by atoms with Crippen LogP contribution in [0.3, 0.4) is 0 Å². The van der Waals surface area contributed by atoms with Gasteiger partial charge in [-0.1, -0.05) is 143 Å². The van der Waals surface area contributed by atoms with Crippen LogP contribution in [0.25, 0.3) is 0 Å². The molecule has 0 aromatic rings. The maximum Gasteiger partial charge on any atom is 0.109 e. The van der Waals surface area contributed by atoms with Gasteiger partial charge < -0.3 is 0 Å². The molecule has 0 bridgehead atoms. The summed E-state index contributed by atoms with van der Waals surface area (Å²) in [6.45, 7) is 6.93. The van der Waals surface area contributed by atoms with E-state index in [1.165, 1.54) is 122 Å². The molecule has 0 aliphatic carbocycles. The molecular weight excluding hydrogens is 287 g/mol. The Morgan fingerprint density at radius 3 is 1.46 bits per heavy atom. The molecule has 0 aliphatic rings. The first kappa shape index (κ1) is 24.1. The number of unbranched alkanes of at least 4 members (excludes halogenated alkanes) is 12. The molecule has 0 spiro atoms. The Kier molecular flexibility index (Phi) is 21.2. The molecule has 1 atom stereocenters. The van der Waals surface area contributed by atoms with E-state index in [4.69, 9.17) is 0 Å². The third kappa shape index (κ3) is 18.4. The van der Waals surface area contributed by atoms with Crippen LogP contribution in [-0.4, -0.2) is 7.28 Å². The summed E-state index contributed by atoms with van der Waals surface area (Å²) in [5.41, 5.74) is 0. The Morgan fingerprint density at radius 1 is 0.500 bits per heavy atom. The summed E-state index contributed by atoms with van der Waals surface area (Å²) in [5.74, 6) is 0.990. The highest BCUT2D eigenvalue weighted by atomic mass is 14.1. The smallest absolute Gasteiger partial charge is 0.0803 e. The molecular formula is C23H48B. The van der Waals surface area contributed by atoms with Gasteiger partial charge >= 0.3 is 0 Å². The summed E-state index contributed by atoms with van der Waals surface area (Å²) < 4.78 is 0. The van der Waals surface area contributed by atoms with Crippen molar-refractivity contribution in [3.63, 3.8) is 0 Å². The molecule has 0 heterocycles. The lowest BCUT2D eigenvalue weighted by molar-refractivity contribution is 0.432. The zero-order chi connectivity index (χ0) is 17.7. The second-order valence-electron chi connectivity index (χ2n) is 8.00. The molecule has 1 heteroatoms. The Hall–Kier alpha value is 0.0649. The minimum atomic E-state index is 0.990. The highest BCUT2D eigenvalue weighted by Crippen LogP contribution is 2.23. The van der Waals surface area contributed by atoms with Gasteiger partial charge in [-0.2, -0.15) is 0 Å². The Balaban J connectivity index is 3.70. The lowest BCUT2D eigenvalue weighted by Crippen LogP contribution is -2.05. The molecule has 0 rings (SSSR count). The number of rotatable bonds is 20. The molecule has 1 unspecified atom stereocenters. The van der Waals surface area contributed by atoms with Crippen molar-refractivity contribution in [2.75, 3.05) is 0 Å². The summed E-state index contributed by atoms with van der Waals surface area (Å²) in [6, 6.07) is 0. The monoisotopic (exact) mass is 335 g/mol. The Morgan fingerprint density at radius 2 is 0.917 bits per heavy atom. The summed E-state index contributed by atoms with van der Waals surface area (Å²) in [7, 11) is 2.63. The first-order valence-electron chi connectivity index (χ1n) is 11.7. The second-order valence-corrected chi connectivity index (χ2v) is 8.00. The van der Waals surface area contributed by atoms with Crippen LogP contribution in [0.4, 0.5) is 0 Å². The van der Waals surface area contributed by atoms with Crippen molar-refractivity contribution in [3.05, 3.63) is 0 Å². The van der Waals surface area contributed by atoms with E-state index < -0.39 is 0 Å². The lowest BCUT2D eigenvalue weighted by Gasteiger charge is -2.16. The van der Waals surface area contributed by atoms with Crippen LogP contribution in [0, 0.1) is 5.92 Å². The van der Waals surface area contributed by atoms with Crippen molar-refractivity contribution in [2.24, 2.45) is 5.92 Å². The molecule has 0 nitrogen and oxygen atoms in total. The maximum atomic E-state index is 2.63. The van der Waals surface area contributed by atoms with Gasteiger partial charge in [-0.05, 0) is 5.92 Å². The third-order valence-corrected chi connectivity index (χ3v) is 5.44. The van der Waals surface area contributed by atoms with Gasteiger partial charge in [-0.3, -0.25) is 0 Å². The van der Waals surface area contributed by atoms with Crippen LogP contribution in [0.1, 0.15) is 130 Å². The number of hydrogen-bond donors (Lipinski definition) is 0. The van der Waals surface area contributed by atoms with Gasteiger partial charge in [0.15, 0.2) is 0 Å². The minimum Gasteiger partial charge on any atom is -0.0803 e. The number of hydrogen-bond acceptors (Lipinski definition) is 0. The highest BCUT2D eigenvalue weighted by Gasteiger charge is 2.09. The summed E-state index contributed by atoms with van der Waals surface area (Å²) in [5, 5.41) is 0. The maximum absolute atomic E-state index is 2.63. The molecule has 1 radical (unpaired) electrons. The van der Waals surface area contributed by atoms with E-state index >= 15 is 0 Å². The van der Waals surface area contributed by atoms with Crippen LogP contribution < -0.4 is 0 Å². The normalized spacial score (nSPS) is 12.5. The molecule has 143 valence electrons. The molecule has 0 amide bonds. The highest BCUT2D eigenvalue weighted by molar-refractivity contribution is 6.35. The van der Waals surface area contributed by atoms with Crippen LogP contribution in [0.15, 0.2) is 0 Å². The third-order valence-electron chi connectivity index (χ3n) is 5.44. The van der Waals surface area contributed by atoms with Crippen molar-refractivity contribution >= 4 is 7.28 Å². The fourth-order valence-corrected chi connectivity index (χ4v) is 3.70. The molecule has 0 aromatic carbocycles. The van der Waals surface area contributed by atoms with E-state index in [1.54, 1.807) is 0 Å². The van der Waals surface area contributed by atoms with E-state index in [9.17, 15) is 0 Å². The average Bonchev–Trinajstić information content (AvgIpc) is 2.60. The zero-order valence-corrected chi connectivity index (χ0v) is 17.6. The van der Waals surface area contributed by atoms with Gasteiger partial charge in [-0.15, -0.1) is 0 Å². The lowest BCUT2D eigenvalue weighted by atomic mass is 9.64. The van der Waals surface area contributed by atoms with Crippen LogP contribution in [-0.2, 0) is 0 Å². The van der Waals surface area contributed by atoms with Crippen molar-refractivity contribution in [1.29, 1.82) is 0 Å². The SMILES string of the molecule is CCCCCCC[B]CC(CCCCCC)CCCCCCCC. The van der Waals surface area contributed by atoms with E-state index in [0.717, 1.165) is 5.92 Å². The fourth-order valence-electron chi connectivity index (χ4n) is 3.70. The largest absolute Gasteiger partial charge is 0.109 e. The van der Waals surface area contributed by atoms with Gasteiger partial charge in [0.05, 0.1) is 0 Å². The van der Waals surface area contributed by atoms with E-state index in [0.29, 0.717) is 0 Å². The Labute approximate surface area is 156 Å². The van der Waals surface area contributed by atoms with Gasteiger partial charge in [0, 0.05) is 0 Å². The Bertz CT molecular complexity index is 214. The summed E-state index contributed by atoms with van der Waals surface area (Å²) in [6.07, 6.45) is 27.3. The predicted molar refractivity (Wildman–Crippen MR) is 114 cm³/mol. The average molecular weight is 335 g/mol. The van der Waals surface area contributed by atoms with Crippen molar-refractivity contribution < 1.29 is 0 Å². The first-order valence-corrected chi connectivity index (χ1v) is 11.7. The second kappa shape index (κ2) is 21.1. The molecule has 0 N–H and O–H groups in total. The summed E-state index contributed by atoms with van der Waals surface area (Å²) >= 11 is 0. The fraction of sp³-hybridized carbons (Fsp3) is 1.00. The van der Waals surface area contributed by atoms with Gasteiger partial charge in [0.2, 0.25) is 0 Å². The van der Waals surface area contributed by atoms with Crippen LogP contribution in [0.5, 0.6) is 0 Å². The van der Waals surface area contributed by atoms with E-state index in [1.807, 2.05) is 0 Å². The predicted octanol–water partition coefficient (Wildman–Crippen LogP) is 8.83. The zero-order valence-electron chi connectivity index (χ0n) is 17.6. The van der Waals surface area contributed by atoms with E-state index in [2.05, 4.69) is 28.1 Å². The topological polar surface area (TPSA) is 0 Å². The molecule has 0 aromatic heterocycles. The van der Waals surface area contributed by atoms with Crippen molar-refractivity contribution in [1.82, 2.24) is 0 Å². The van der Waals surface area contributed by atoms with Crippen LogP contribution in [0.2, 0.25) is 12.6 Å². The van der Waals surface area contributed by atoms with Crippen molar-refractivity contribution in [2.45, 2.75) is 143 Å². The molecule has 0 fully saturated rings. The molecule has 0 saturated heterocycles. The standard InChI is InChI=1S/C23H48B/c1-4-7-10-13-14-17-20-23(19-16-12-9-6-3)22-24-21-18-15-11-8-5-2/h23H,4-22H2,1-3H3. The van der Waals surface area contributed by atoms with Crippen molar-refractivity contribution in [3.8, 4) is 0 Å². The van der Waals surface area contributed by atoms with E-state index in [-0.39, 0.29) is 0 Å². The van der Waals surface area contributed by atoms with Gasteiger partial charge in [0.1, 0.15) is 7.28 Å². The van der Waals surface area contributed by atoms with Gasteiger partial charge in [-0.25, -0.2) is 0 Å². The summed E-state index contributed by atoms with van der Waals surface area (Å²) in [4.78, 5) is 0. The first-order chi connectivity index (χ1) is 11.8. The van der Waals surface area contributed by atoms with Gasteiger partial charge in [0.25, 0.3) is 0 Å². The minimum absolute atomic E-state index is 0.990. The van der Waals surface area contributed by atoms with Crippen LogP contribution >= 0.6 is 0 Å². The molecule has 24 heavy (non-hydrogen) atoms. The molecule has 0 saturated carbocycles. The molecule has 0 aliphatic heterocycles.